The monoisotopic (exact) mass is 623 g/mol. The van der Waals surface area contributed by atoms with Crippen molar-refractivity contribution in [2.24, 2.45) is 5.92 Å². The summed E-state index contributed by atoms with van der Waals surface area (Å²) < 4.78 is 6.49. The molecule has 3 amide bonds. The van der Waals surface area contributed by atoms with Gasteiger partial charge in [0, 0.05) is 43.2 Å². The Balaban J connectivity index is 1.45. The fourth-order valence-corrected chi connectivity index (χ4v) is 7.41. The molecule has 46 heavy (non-hydrogen) atoms. The highest BCUT2D eigenvalue weighted by atomic mass is 16.4. The van der Waals surface area contributed by atoms with Gasteiger partial charge in [0.15, 0.2) is 0 Å². The van der Waals surface area contributed by atoms with E-state index in [2.05, 4.69) is 32.2 Å². The lowest BCUT2D eigenvalue weighted by atomic mass is 9.68. The number of hydrogen-bond donors (Lipinski definition) is 3. The standard InChI is InChI=1S/C35H41N7O4/c1-19(2)33-40-41-34(46-33)35(16-20(3)39-18-30(43)42-26(17-36)14-25-15-29(25)42)27-10-8-23(31(44)37-4)12-21(27)6-7-22-13-24(32(45)38-5)9-11-28(22)35/h8-13,19-20,25-26,29,39H,6-7,14-16,18H2,1-5H3,(H,37,44)(H,38,45)/t20-,25+,26?,29-/m0/s1. The SMILES string of the molecule is CNC(=O)c1ccc2c(c1)CCc1cc(C(=O)NC)ccc1C2(C[C@H](C)NCC(=O)N1C(C#N)C[C@@H]2C[C@@H]21)c1nnc(C(C)C)o1. The molecule has 240 valence electrons. The molecule has 2 aromatic carbocycles. The number of amides is 3. The number of likely N-dealkylation sites (tertiary alicyclic amines) is 1. The topological polar surface area (TPSA) is 153 Å². The summed E-state index contributed by atoms with van der Waals surface area (Å²) in [6, 6.07) is 13.4. The Kier molecular flexibility index (Phi) is 8.42. The zero-order chi connectivity index (χ0) is 32.7. The number of fused-ring (bicyclic) bond motifs is 3. The maximum atomic E-state index is 13.4. The van der Waals surface area contributed by atoms with Crippen LogP contribution in [0, 0.1) is 17.2 Å². The van der Waals surface area contributed by atoms with Gasteiger partial charge in [0.05, 0.1) is 12.6 Å². The second kappa shape index (κ2) is 12.3. The van der Waals surface area contributed by atoms with Gasteiger partial charge in [-0.05, 0) is 91.5 Å². The lowest BCUT2D eigenvalue weighted by molar-refractivity contribution is -0.131. The van der Waals surface area contributed by atoms with Crippen LogP contribution in [-0.2, 0) is 23.1 Å². The zero-order valence-electron chi connectivity index (χ0n) is 27.0. The molecule has 11 nitrogen and oxygen atoms in total. The summed E-state index contributed by atoms with van der Waals surface area (Å²) in [7, 11) is 3.22. The maximum absolute atomic E-state index is 13.4. The van der Waals surface area contributed by atoms with Crippen molar-refractivity contribution in [2.45, 2.75) is 82.3 Å². The molecule has 1 saturated carbocycles. The van der Waals surface area contributed by atoms with Crippen molar-refractivity contribution in [2.75, 3.05) is 20.6 Å². The minimum absolute atomic E-state index is 0.00207. The quantitative estimate of drug-likeness (QED) is 0.329. The third-order valence-electron chi connectivity index (χ3n) is 9.83. The van der Waals surface area contributed by atoms with Crippen molar-refractivity contribution in [3.05, 3.63) is 81.6 Å². The third kappa shape index (κ3) is 5.45. The Labute approximate surface area is 269 Å². The molecule has 4 atom stereocenters. The van der Waals surface area contributed by atoms with Crippen molar-refractivity contribution in [1.82, 2.24) is 31.0 Å². The highest BCUT2D eigenvalue weighted by Crippen LogP contribution is 2.49. The molecule has 3 aromatic rings. The molecule has 1 aliphatic heterocycles. The number of nitrogens with zero attached hydrogens (tertiary/aromatic N) is 4. The van der Waals surface area contributed by atoms with Crippen LogP contribution in [0.4, 0.5) is 0 Å². The summed E-state index contributed by atoms with van der Waals surface area (Å²) >= 11 is 0. The number of carbonyl (C=O) groups is 3. The van der Waals surface area contributed by atoms with E-state index in [1.54, 1.807) is 19.0 Å². The summed E-state index contributed by atoms with van der Waals surface area (Å²) in [5.74, 6) is 0.955. The molecule has 6 rings (SSSR count). The van der Waals surface area contributed by atoms with E-state index in [4.69, 9.17) is 4.42 Å². The van der Waals surface area contributed by atoms with Crippen LogP contribution in [0.3, 0.4) is 0 Å². The first-order valence-corrected chi connectivity index (χ1v) is 16.1. The molecule has 2 heterocycles. The summed E-state index contributed by atoms with van der Waals surface area (Å²) in [6.07, 6.45) is 3.44. The molecule has 1 aromatic heterocycles. The highest BCUT2D eigenvalue weighted by Gasteiger charge is 2.54. The Morgan fingerprint density at radius 1 is 0.978 bits per heavy atom. The van der Waals surface area contributed by atoms with Gasteiger partial charge in [0.2, 0.25) is 17.7 Å². The second-order valence-corrected chi connectivity index (χ2v) is 13.1. The fourth-order valence-electron chi connectivity index (χ4n) is 7.41. The van der Waals surface area contributed by atoms with Crippen molar-refractivity contribution in [3.8, 4) is 6.07 Å². The van der Waals surface area contributed by atoms with E-state index < -0.39 is 5.41 Å². The molecule has 0 radical (unpaired) electrons. The van der Waals surface area contributed by atoms with Crippen molar-refractivity contribution in [1.29, 1.82) is 5.26 Å². The van der Waals surface area contributed by atoms with Gasteiger partial charge in [-0.2, -0.15) is 5.26 Å². The first-order chi connectivity index (χ1) is 22.1. The van der Waals surface area contributed by atoms with Crippen LogP contribution in [0.5, 0.6) is 0 Å². The number of hydrogen-bond acceptors (Lipinski definition) is 8. The lowest BCUT2D eigenvalue weighted by Gasteiger charge is -2.36. The smallest absolute Gasteiger partial charge is 0.251 e. The fraction of sp³-hybridized carbons (Fsp3) is 0.486. The summed E-state index contributed by atoms with van der Waals surface area (Å²) in [5.41, 5.74) is 3.97. The Morgan fingerprint density at radius 3 is 2.11 bits per heavy atom. The lowest BCUT2D eigenvalue weighted by Crippen LogP contribution is -2.46. The molecular weight excluding hydrogens is 582 g/mol. The normalized spacial score (nSPS) is 21.3. The van der Waals surface area contributed by atoms with Gasteiger partial charge in [0.25, 0.3) is 11.8 Å². The van der Waals surface area contributed by atoms with E-state index in [1.807, 2.05) is 57.2 Å². The van der Waals surface area contributed by atoms with Crippen LogP contribution < -0.4 is 16.0 Å². The van der Waals surface area contributed by atoms with Crippen LogP contribution >= 0.6 is 0 Å². The number of rotatable bonds is 9. The van der Waals surface area contributed by atoms with Gasteiger partial charge in [-0.3, -0.25) is 14.4 Å². The van der Waals surface area contributed by atoms with Crippen molar-refractivity contribution in [3.63, 3.8) is 0 Å². The van der Waals surface area contributed by atoms with Gasteiger partial charge in [-0.15, -0.1) is 10.2 Å². The molecule has 11 heteroatoms. The predicted octanol–water partition coefficient (Wildman–Crippen LogP) is 3.23. The number of piperidine rings is 1. The first kappa shape index (κ1) is 31.4. The average Bonchev–Trinajstić information content (AvgIpc) is 3.49. The number of aromatic nitrogens is 2. The van der Waals surface area contributed by atoms with E-state index >= 15 is 0 Å². The molecule has 0 bridgehead atoms. The number of aryl methyl sites for hydroxylation is 2. The van der Waals surface area contributed by atoms with Crippen molar-refractivity contribution < 1.29 is 18.8 Å². The molecule has 1 unspecified atom stereocenters. The Hall–Kier alpha value is -4.56. The number of benzene rings is 2. The highest BCUT2D eigenvalue weighted by molar-refractivity contribution is 5.95. The van der Waals surface area contributed by atoms with E-state index in [0.29, 0.717) is 48.1 Å². The Morgan fingerprint density at radius 2 is 1.59 bits per heavy atom. The first-order valence-electron chi connectivity index (χ1n) is 16.1. The van der Waals surface area contributed by atoms with E-state index in [1.165, 1.54) is 0 Å². The van der Waals surface area contributed by atoms with Gasteiger partial charge in [-0.1, -0.05) is 26.0 Å². The van der Waals surface area contributed by atoms with Gasteiger partial charge < -0.3 is 25.3 Å². The predicted molar refractivity (Wildman–Crippen MR) is 170 cm³/mol. The zero-order valence-corrected chi connectivity index (χ0v) is 27.0. The summed E-state index contributed by atoms with van der Waals surface area (Å²) in [6.45, 7) is 6.13. The second-order valence-electron chi connectivity index (χ2n) is 13.1. The maximum Gasteiger partial charge on any atom is 0.251 e. The summed E-state index contributed by atoms with van der Waals surface area (Å²) in [5, 5.41) is 27.6. The molecule has 3 aliphatic rings. The van der Waals surface area contributed by atoms with Crippen molar-refractivity contribution >= 4 is 17.7 Å². The molecule has 0 spiro atoms. The van der Waals surface area contributed by atoms with Crippen LogP contribution in [0.2, 0.25) is 0 Å². The van der Waals surface area contributed by atoms with Gasteiger partial charge >= 0.3 is 0 Å². The Bertz CT molecular complexity index is 1660. The number of nitriles is 1. The van der Waals surface area contributed by atoms with E-state index in [-0.39, 0.29) is 48.3 Å². The van der Waals surface area contributed by atoms with Crippen LogP contribution in [0.1, 0.15) is 101 Å². The largest absolute Gasteiger partial charge is 0.424 e. The van der Waals surface area contributed by atoms with Gasteiger partial charge in [-0.25, -0.2) is 0 Å². The molecular formula is C35H41N7O4. The molecule has 3 N–H and O–H groups in total. The van der Waals surface area contributed by atoms with Crippen LogP contribution in [0.25, 0.3) is 0 Å². The molecule has 2 fully saturated rings. The molecule has 1 saturated heterocycles. The molecule has 2 aliphatic carbocycles. The minimum atomic E-state index is -0.955. The number of nitrogens with one attached hydrogen (secondary N) is 3. The van der Waals surface area contributed by atoms with Gasteiger partial charge in [0.1, 0.15) is 11.5 Å². The van der Waals surface area contributed by atoms with E-state index in [9.17, 15) is 19.6 Å². The minimum Gasteiger partial charge on any atom is -0.424 e. The average molecular weight is 624 g/mol. The third-order valence-corrected chi connectivity index (χ3v) is 9.83. The van der Waals surface area contributed by atoms with Crippen LogP contribution in [-0.4, -0.2) is 71.6 Å². The van der Waals surface area contributed by atoms with E-state index in [0.717, 1.165) is 35.1 Å². The summed E-state index contributed by atoms with van der Waals surface area (Å²) in [4.78, 5) is 40.6. The van der Waals surface area contributed by atoms with Crippen LogP contribution in [0.15, 0.2) is 40.8 Å². The number of carbonyl (C=O) groups excluding carboxylic acids is 3.